The summed E-state index contributed by atoms with van der Waals surface area (Å²) < 4.78 is 1.81. The van der Waals surface area contributed by atoms with Crippen molar-refractivity contribution in [1.29, 1.82) is 0 Å². The van der Waals surface area contributed by atoms with Crippen molar-refractivity contribution >= 4 is 28.1 Å². The lowest BCUT2D eigenvalue weighted by Gasteiger charge is -2.18. The topological polar surface area (TPSA) is 76.9 Å². The van der Waals surface area contributed by atoms with Gasteiger partial charge in [0.15, 0.2) is 0 Å². The fraction of sp³-hybridized carbons (Fsp3) is 0.280. The standard InChI is InChI=1S/C25H24N4O2S/c30-23(28-22(24-26-13-15-32-24)17-8-4-3-5-9-17)18-11-12-19-20(16-18)27-21-10-6-1-2-7-14-29(21)25(19)31/h3-5,8-9,11-13,15-16,22H,1-2,6-7,10,14H2,(H,28,30). The van der Waals surface area contributed by atoms with Crippen LogP contribution in [-0.4, -0.2) is 20.4 Å². The summed E-state index contributed by atoms with van der Waals surface area (Å²) in [6.45, 7) is 0.714. The van der Waals surface area contributed by atoms with Gasteiger partial charge in [-0.15, -0.1) is 11.3 Å². The van der Waals surface area contributed by atoms with Crippen LogP contribution in [-0.2, 0) is 13.0 Å². The van der Waals surface area contributed by atoms with Gasteiger partial charge in [0.1, 0.15) is 16.9 Å². The molecule has 6 nitrogen and oxygen atoms in total. The monoisotopic (exact) mass is 444 g/mol. The maximum Gasteiger partial charge on any atom is 0.261 e. The Morgan fingerprint density at radius 3 is 2.72 bits per heavy atom. The van der Waals surface area contributed by atoms with Crippen molar-refractivity contribution < 1.29 is 4.79 Å². The van der Waals surface area contributed by atoms with Crippen molar-refractivity contribution in [2.75, 3.05) is 0 Å². The van der Waals surface area contributed by atoms with E-state index >= 15 is 0 Å². The van der Waals surface area contributed by atoms with Gasteiger partial charge in [-0.3, -0.25) is 14.2 Å². The molecule has 0 radical (unpaired) electrons. The van der Waals surface area contributed by atoms with Gasteiger partial charge in [0.2, 0.25) is 0 Å². The lowest BCUT2D eigenvalue weighted by molar-refractivity contribution is 0.0943. The Morgan fingerprint density at radius 2 is 1.91 bits per heavy atom. The number of aryl methyl sites for hydroxylation is 1. The maximum atomic E-state index is 13.2. The second-order valence-electron chi connectivity index (χ2n) is 8.07. The van der Waals surface area contributed by atoms with Crippen LogP contribution in [0.1, 0.15) is 58.5 Å². The normalized spacial score (nSPS) is 14.9. The molecule has 1 N–H and O–H groups in total. The number of aromatic nitrogens is 3. The summed E-state index contributed by atoms with van der Waals surface area (Å²) in [5, 5.41) is 6.39. The fourth-order valence-corrected chi connectivity index (χ4v) is 4.97. The zero-order chi connectivity index (χ0) is 21.9. The van der Waals surface area contributed by atoms with E-state index in [1.54, 1.807) is 24.4 Å². The lowest BCUT2D eigenvalue weighted by Crippen LogP contribution is -2.30. The van der Waals surface area contributed by atoms with Crippen molar-refractivity contribution in [2.45, 2.75) is 44.7 Å². The van der Waals surface area contributed by atoms with Gasteiger partial charge in [-0.05, 0) is 36.6 Å². The molecule has 0 spiro atoms. The number of fused-ring (bicyclic) bond motifs is 2. The largest absolute Gasteiger partial charge is 0.339 e. The van der Waals surface area contributed by atoms with Crippen LogP contribution in [0.3, 0.4) is 0 Å². The molecule has 7 heteroatoms. The number of benzene rings is 2. The second-order valence-corrected chi connectivity index (χ2v) is 8.99. The van der Waals surface area contributed by atoms with E-state index in [1.165, 1.54) is 11.3 Å². The van der Waals surface area contributed by atoms with Crippen LogP contribution in [0.5, 0.6) is 0 Å². The first-order valence-electron chi connectivity index (χ1n) is 11.0. The molecule has 162 valence electrons. The van der Waals surface area contributed by atoms with Crippen molar-refractivity contribution in [3.8, 4) is 0 Å². The molecule has 5 rings (SSSR count). The first kappa shape index (κ1) is 20.6. The third-order valence-corrected chi connectivity index (χ3v) is 6.78. The number of nitrogens with one attached hydrogen (secondary N) is 1. The molecule has 1 aliphatic rings. The molecular formula is C25H24N4O2S. The maximum absolute atomic E-state index is 13.2. The third kappa shape index (κ3) is 4.08. The van der Waals surface area contributed by atoms with Crippen LogP contribution in [0.15, 0.2) is 64.9 Å². The molecule has 1 atom stereocenters. The molecule has 1 unspecified atom stereocenters. The van der Waals surface area contributed by atoms with E-state index < -0.39 is 0 Å². The Bertz CT molecular complexity index is 1300. The number of carbonyl (C=O) groups is 1. The predicted molar refractivity (Wildman–Crippen MR) is 126 cm³/mol. The van der Waals surface area contributed by atoms with Crippen molar-refractivity contribution in [3.05, 3.63) is 92.4 Å². The molecule has 0 bridgehead atoms. The summed E-state index contributed by atoms with van der Waals surface area (Å²) in [5.74, 6) is 0.606. The summed E-state index contributed by atoms with van der Waals surface area (Å²) in [4.78, 5) is 35.4. The molecule has 4 aromatic rings. The summed E-state index contributed by atoms with van der Waals surface area (Å²) in [7, 11) is 0. The van der Waals surface area contributed by atoms with Gasteiger partial charge in [-0.2, -0.15) is 0 Å². The number of carbonyl (C=O) groups excluding carboxylic acids is 1. The summed E-state index contributed by atoms with van der Waals surface area (Å²) in [5.41, 5.74) is 2.02. The molecule has 0 saturated carbocycles. The van der Waals surface area contributed by atoms with E-state index in [-0.39, 0.29) is 17.5 Å². The number of amides is 1. The highest BCUT2D eigenvalue weighted by Crippen LogP contribution is 2.24. The third-order valence-electron chi connectivity index (χ3n) is 5.94. The predicted octanol–water partition coefficient (Wildman–Crippen LogP) is 4.49. The number of thiazole rings is 1. The Balaban J connectivity index is 1.49. The van der Waals surface area contributed by atoms with Crippen molar-refractivity contribution in [3.63, 3.8) is 0 Å². The molecule has 1 aliphatic heterocycles. The summed E-state index contributed by atoms with van der Waals surface area (Å²) >= 11 is 1.50. The van der Waals surface area contributed by atoms with Crippen LogP contribution < -0.4 is 10.9 Å². The van der Waals surface area contributed by atoms with Gasteiger partial charge in [-0.25, -0.2) is 9.97 Å². The van der Waals surface area contributed by atoms with Crippen LogP contribution in [0.25, 0.3) is 10.9 Å². The van der Waals surface area contributed by atoms with E-state index in [1.807, 2.05) is 40.3 Å². The zero-order valence-corrected chi connectivity index (χ0v) is 18.5. The Labute approximate surface area is 190 Å². The fourth-order valence-electron chi connectivity index (χ4n) is 4.26. The van der Waals surface area contributed by atoms with Crippen LogP contribution in [0.4, 0.5) is 0 Å². The molecule has 32 heavy (non-hydrogen) atoms. The van der Waals surface area contributed by atoms with Gasteiger partial charge in [0.05, 0.1) is 10.9 Å². The van der Waals surface area contributed by atoms with Gasteiger partial charge in [0.25, 0.3) is 11.5 Å². The summed E-state index contributed by atoms with van der Waals surface area (Å²) in [6, 6.07) is 14.6. The molecule has 3 heterocycles. The SMILES string of the molecule is O=C(NC(c1ccccc1)c1nccs1)c1ccc2c(=O)n3c(nc2c1)CCCCCC3. The van der Waals surface area contributed by atoms with E-state index in [9.17, 15) is 9.59 Å². The minimum absolute atomic E-state index is 0.0104. The number of nitrogens with zero attached hydrogens (tertiary/aromatic N) is 3. The first-order valence-corrected chi connectivity index (χ1v) is 11.9. The smallest absolute Gasteiger partial charge is 0.261 e. The molecule has 0 fully saturated rings. The van der Waals surface area contributed by atoms with Crippen molar-refractivity contribution in [1.82, 2.24) is 19.9 Å². The van der Waals surface area contributed by atoms with Crippen LogP contribution >= 0.6 is 11.3 Å². The zero-order valence-electron chi connectivity index (χ0n) is 17.7. The minimum atomic E-state index is -0.339. The Kier molecular flexibility index (Phi) is 5.81. The van der Waals surface area contributed by atoms with E-state index in [4.69, 9.17) is 4.98 Å². The highest BCUT2D eigenvalue weighted by atomic mass is 32.1. The second kappa shape index (κ2) is 9.04. The number of hydrogen-bond donors (Lipinski definition) is 1. The van der Waals surface area contributed by atoms with E-state index in [0.717, 1.165) is 48.5 Å². The van der Waals surface area contributed by atoms with Crippen molar-refractivity contribution in [2.24, 2.45) is 0 Å². The highest BCUT2D eigenvalue weighted by Gasteiger charge is 2.21. The number of hydrogen-bond acceptors (Lipinski definition) is 5. The summed E-state index contributed by atoms with van der Waals surface area (Å²) in [6.07, 6.45) is 6.87. The molecule has 0 aliphatic carbocycles. The van der Waals surface area contributed by atoms with Crippen LogP contribution in [0, 0.1) is 0 Å². The van der Waals surface area contributed by atoms with Gasteiger partial charge >= 0.3 is 0 Å². The highest BCUT2D eigenvalue weighted by molar-refractivity contribution is 7.09. The van der Waals surface area contributed by atoms with E-state index in [2.05, 4.69) is 10.3 Å². The molecule has 0 saturated heterocycles. The van der Waals surface area contributed by atoms with Gasteiger partial charge in [-0.1, -0.05) is 43.2 Å². The molecule has 1 amide bonds. The quantitative estimate of drug-likeness (QED) is 0.503. The number of rotatable bonds is 4. The first-order chi connectivity index (χ1) is 15.7. The average molecular weight is 445 g/mol. The Hall–Kier alpha value is -3.32. The van der Waals surface area contributed by atoms with Gasteiger partial charge in [0, 0.05) is 30.1 Å². The molecule has 2 aromatic carbocycles. The molecule has 2 aromatic heterocycles. The lowest BCUT2D eigenvalue weighted by atomic mass is 10.1. The van der Waals surface area contributed by atoms with Crippen LogP contribution in [0.2, 0.25) is 0 Å². The molecular weight excluding hydrogens is 420 g/mol. The minimum Gasteiger partial charge on any atom is -0.339 e. The average Bonchev–Trinajstić information content (AvgIpc) is 3.33. The van der Waals surface area contributed by atoms with Gasteiger partial charge < -0.3 is 5.32 Å². The Morgan fingerprint density at radius 1 is 1.06 bits per heavy atom. The van der Waals surface area contributed by atoms with E-state index in [0.29, 0.717) is 23.0 Å².